The van der Waals surface area contributed by atoms with Gasteiger partial charge in [0.15, 0.2) is 0 Å². The van der Waals surface area contributed by atoms with Gasteiger partial charge in [-0.25, -0.2) is 17.9 Å². The summed E-state index contributed by atoms with van der Waals surface area (Å²) in [6.45, 7) is 2.40. The standard InChI is InChI=1S/C16H24N2O4S/c1-2-17-23(20,21)12-14-8-9-15(10-14)18-16(19)22-11-13-6-4-3-5-7-13/h3-7,14-15,17H,2,8-12H2,1H3,(H,18,19)/t14-,15+/m1/s1. The Morgan fingerprint density at radius 1 is 1.26 bits per heavy atom. The first-order chi connectivity index (χ1) is 11.0. The predicted molar refractivity (Wildman–Crippen MR) is 88.4 cm³/mol. The molecule has 1 fully saturated rings. The van der Waals surface area contributed by atoms with Crippen molar-refractivity contribution >= 4 is 16.1 Å². The van der Waals surface area contributed by atoms with Crippen molar-refractivity contribution in [3.05, 3.63) is 35.9 Å². The molecule has 1 amide bonds. The Balaban J connectivity index is 1.71. The van der Waals surface area contributed by atoms with Crippen molar-refractivity contribution in [3.8, 4) is 0 Å². The fourth-order valence-electron chi connectivity index (χ4n) is 2.88. The van der Waals surface area contributed by atoms with Gasteiger partial charge in [0.05, 0.1) is 5.75 Å². The van der Waals surface area contributed by atoms with E-state index < -0.39 is 16.1 Å². The summed E-state index contributed by atoms with van der Waals surface area (Å²) in [5.41, 5.74) is 0.934. The molecule has 128 valence electrons. The average Bonchev–Trinajstić information content (AvgIpc) is 2.92. The van der Waals surface area contributed by atoms with Crippen LogP contribution in [-0.4, -0.2) is 32.9 Å². The van der Waals surface area contributed by atoms with Crippen LogP contribution >= 0.6 is 0 Å². The van der Waals surface area contributed by atoms with Gasteiger partial charge in [0.2, 0.25) is 10.0 Å². The highest BCUT2D eigenvalue weighted by molar-refractivity contribution is 7.89. The molecule has 0 bridgehead atoms. The van der Waals surface area contributed by atoms with Gasteiger partial charge in [-0.05, 0) is 30.7 Å². The number of sulfonamides is 1. The van der Waals surface area contributed by atoms with Crippen molar-refractivity contribution in [3.63, 3.8) is 0 Å². The van der Waals surface area contributed by atoms with Gasteiger partial charge in [0, 0.05) is 12.6 Å². The number of carbonyl (C=O) groups is 1. The Labute approximate surface area is 137 Å². The van der Waals surface area contributed by atoms with E-state index in [1.54, 1.807) is 6.92 Å². The fraction of sp³-hybridized carbons (Fsp3) is 0.562. The van der Waals surface area contributed by atoms with E-state index in [2.05, 4.69) is 10.0 Å². The second-order valence-electron chi connectivity index (χ2n) is 5.86. The zero-order chi connectivity index (χ0) is 16.7. The zero-order valence-electron chi connectivity index (χ0n) is 13.3. The Morgan fingerprint density at radius 2 is 2.00 bits per heavy atom. The first-order valence-corrected chi connectivity index (χ1v) is 9.58. The van der Waals surface area contributed by atoms with E-state index in [4.69, 9.17) is 4.74 Å². The predicted octanol–water partition coefficient (Wildman–Crippen LogP) is 2.02. The average molecular weight is 340 g/mol. The molecule has 0 heterocycles. The van der Waals surface area contributed by atoms with Crippen molar-refractivity contribution < 1.29 is 17.9 Å². The summed E-state index contributed by atoms with van der Waals surface area (Å²) in [4.78, 5) is 11.8. The molecular formula is C16H24N2O4S. The second kappa shape index (κ2) is 8.31. The van der Waals surface area contributed by atoms with Crippen LogP contribution in [0.4, 0.5) is 4.79 Å². The van der Waals surface area contributed by atoms with Gasteiger partial charge >= 0.3 is 6.09 Å². The topological polar surface area (TPSA) is 84.5 Å². The molecule has 1 aliphatic rings. The first kappa shape index (κ1) is 17.7. The van der Waals surface area contributed by atoms with Crippen molar-refractivity contribution in [2.24, 2.45) is 5.92 Å². The van der Waals surface area contributed by atoms with E-state index in [1.807, 2.05) is 30.3 Å². The molecule has 2 rings (SSSR count). The van der Waals surface area contributed by atoms with E-state index in [9.17, 15) is 13.2 Å². The fourth-order valence-corrected chi connectivity index (χ4v) is 4.36. The lowest BCUT2D eigenvalue weighted by atomic mass is 10.1. The van der Waals surface area contributed by atoms with Gasteiger partial charge < -0.3 is 10.1 Å². The molecule has 2 N–H and O–H groups in total. The molecule has 23 heavy (non-hydrogen) atoms. The molecular weight excluding hydrogens is 316 g/mol. The summed E-state index contributed by atoms with van der Waals surface area (Å²) in [6.07, 6.45) is 1.81. The molecule has 1 aromatic carbocycles. The molecule has 6 nitrogen and oxygen atoms in total. The number of hydrogen-bond acceptors (Lipinski definition) is 4. The Kier molecular flexibility index (Phi) is 6.41. The molecule has 0 aromatic heterocycles. The molecule has 0 aliphatic heterocycles. The highest BCUT2D eigenvalue weighted by Gasteiger charge is 2.29. The molecule has 1 saturated carbocycles. The monoisotopic (exact) mass is 340 g/mol. The number of amides is 1. The highest BCUT2D eigenvalue weighted by Crippen LogP contribution is 2.26. The van der Waals surface area contributed by atoms with Gasteiger partial charge in [-0.1, -0.05) is 37.3 Å². The van der Waals surface area contributed by atoms with E-state index in [-0.39, 0.29) is 24.3 Å². The Hall–Kier alpha value is -1.60. The molecule has 0 radical (unpaired) electrons. The minimum absolute atomic E-state index is 0.0138. The number of hydrogen-bond donors (Lipinski definition) is 2. The van der Waals surface area contributed by atoms with E-state index in [1.165, 1.54) is 0 Å². The van der Waals surface area contributed by atoms with Gasteiger partial charge in [-0.2, -0.15) is 0 Å². The Morgan fingerprint density at radius 3 is 2.70 bits per heavy atom. The normalized spacial score (nSPS) is 21.1. The lowest BCUT2D eigenvalue weighted by Gasteiger charge is -2.14. The van der Waals surface area contributed by atoms with Crippen LogP contribution in [0.15, 0.2) is 30.3 Å². The van der Waals surface area contributed by atoms with Gasteiger partial charge in [0.25, 0.3) is 0 Å². The molecule has 7 heteroatoms. The van der Waals surface area contributed by atoms with Crippen LogP contribution < -0.4 is 10.0 Å². The summed E-state index contributed by atoms with van der Waals surface area (Å²) in [5.74, 6) is 0.205. The van der Waals surface area contributed by atoms with Crippen LogP contribution in [0.2, 0.25) is 0 Å². The summed E-state index contributed by atoms with van der Waals surface area (Å²) < 4.78 is 31.2. The molecule has 0 saturated heterocycles. The quantitative estimate of drug-likeness (QED) is 0.795. The summed E-state index contributed by atoms with van der Waals surface area (Å²) in [7, 11) is -3.21. The molecule has 1 aromatic rings. The number of rotatable bonds is 7. The van der Waals surface area contributed by atoms with Crippen LogP contribution in [0.5, 0.6) is 0 Å². The zero-order valence-corrected chi connectivity index (χ0v) is 14.1. The third-order valence-electron chi connectivity index (χ3n) is 3.90. The lowest BCUT2D eigenvalue weighted by Crippen LogP contribution is -2.34. The van der Waals surface area contributed by atoms with E-state index in [0.717, 1.165) is 18.4 Å². The third kappa shape index (κ3) is 6.19. The van der Waals surface area contributed by atoms with Crippen molar-refractivity contribution in [1.82, 2.24) is 10.0 Å². The lowest BCUT2D eigenvalue weighted by molar-refractivity contribution is 0.135. The number of carbonyl (C=O) groups excluding carboxylic acids is 1. The molecule has 1 aliphatic carbocycles. The summed E-state index contributed by atoms with van der Waals surface area (Å²) in [6, 6.07) is 9.46. The smallest absolute Gasteiger partial charge is 0.407 e. The largest absolute Gasteiger partial charge is 0.445 e. The maximum absolute atomic E-state index is 11.8. The van der Waals surface area contributed by atoms with Crippen molar-refractivity contribution in [1.29, 1.82) is 0 Å². The minimum Gasteiger partial charge on any atom is -0.445 e. The van der Waals surface area contributed by atoms with Crippen molar-refractivity contribution in [2.75, 3.05) is 12.3 Å². The van der Waals surface area contributed by atoms with Crippen molar-refractivity contribution in [2.45, 2.75) is 38.8 Å². The van der Waals surface area contributed by atoms with Gasteiger partial charge in [-0.3, -0.25) is 0 Å². The van der Waals surface area contributed by atoms with E-state index >= 15 is 0 Å². The van der Waals surface area contributed by atoms with Gasteiger partial charge in [0.1, 0.15) is 6.61 Å². The number of nitrogens with one attached hydrogen (secondary N) is 2. The number of alkyl carbamates (subject to hydrolysis) is 1. The van der Waals surface area contributed by atoms with Crippen LogP contribution in [-0.2, 0) is 21.4 Å². The maximum atomic E-state index is 11.8. The molecule has 0 unspecified atom stereocenters. The number of ether oxygens (including phenoxy) is 1. The van der Waals surface area contributed by atoms with Crippen LogP contribution in [0.1, 0.15) is 31.7 Å². The van der Waals surface area contributed by atoms with Crippen LogP contribution in [0, 0.1) is 5.92 Å². The number of benzene rings is 1. The SMILES string of the molecule is CCNS(=O)(=O)C[C@@H]1CC[C@H](NC(=O)OCc2ccccc2)C1. The summed E-state index contributed by atoms with van der Waals surface area (Å²) in [5, 5.41) is 2.82. The second-order valence-corrected chi connectivity index (χ2v) is 7.71. The third-order valence-corrected chi connectivity index (χ3v) is 5.53. The minimum atomic E-state index is -3.21. The Bertz CT molecular complexity index is 604. The van der Waals surface area contributed by atoms with Gasteiger partial charge in [-0.15, -0.1) is 0 Å². The van der Waals surface area contributed by atoms with Crippen LogP contribution in [0.25, 0.3) is 0 Å². The van der Waals surface area contributed by atoms with Crippen LogP contribution in [0.3, 0.4) is 0 Å². The molecule has 0 spiro atoms. The van der Waals surface area contributed by atoms with E-state index in [0.29, 0.717) is 13.0 Å². The highest BCUT2D eigenvalue weighted by atomic mass is 32.2. The molecule has 2 atom stereocenters. The summed E-state index contributed by atoms with van der Waals surface area (Å²) >= 11 is 0. The first-order valence-electron chi connectivity index (χ1n) is 7.93. The maximum Gasteiger partial charge on any atom is 0.407 e.